The summed E-state index contributed by atoms with van der Waals surface area (Å²) < 4.78 is 4.94. The minimum Gasteiger partial charge on any atom is -0.465 e. The molecule has 27 heavy (non-hydrogen) atoms. The molecule has 0 aliphatic carbocycles. The molecule has 1 aliphatic heterocycles. The van der Waals surface area contributed by atoms with Gasteiger partial charge in [0.2, 0.25) is 0 Å². The fourth-order valence-electron chi connectivity index (χ4n) is 2.42. The molecular formula is C18H12N2O5S2. The number of carbonyl (C=O) groups is 2. The molecule has 2 aromatic carbocycles. The smallest absolute Gasteiger partial charge is 0.337 e. The summed E-state index contributed by atoms with van der Waals surface area (Å²) in [4.78, 5) is 36.3. The number of ether oxygens (including phenoxy) is 1. The van der Waals surface area contributed by atoms with Crippen LogP contribution in [0, 0.1) is 10.1 Å². The lowest BCUT2D eigenvalue weighted by Crippen LogP contribution is -2.27. The van der Waals surface area contributed by atoms with Gasteiger partial charge in [0.15, 0.2) is 4.32 Å². The highest BCUT2D eigenvalue weighted by atomic mass is 32.2. The van der Waals surface area contributed by atoms with E-state index in [0.29, 0.717) is 21.7 Å². The van der Waals surface area contributed by atoms with Crippen LogP contribution in [-0.4, -0.2) is 28.2 Å². The Bertz CT molecular complexity index is 986. The summed E-state index contributed by atoms with van der Waals surface area (Å²) >= 11 is 6.38. The average Bonchev–Trinajstić information content (AvgIpc) is 2.95. The van der Waals surface area contributed by atoms with Crippen LogP contribution in [-0.2, 0) is 9.53 Å². The quantitative estimate of drug-likeness (QED) is 0.254. The van der Waals surface area contributed by atoms with Crippen LogP contribution in [0.5, 0.6) is 0 Å². The number of carbonyl (C=O) groups excluding carboxylic acids is 2. The van der Waals surface area contributed by atoms with Gasteiger partial charge in [-0.25, -0.2) is 4.79 Å². The second-order valence-corrected chi connectivity index (χ2v) is 7.08. The number of esters is 1. The molecule has 0 atom stereocenters. The Morgan fingerprint density at radius 2 is 1.96 bits per heavy atom. The van der Waals surface area contributed by atoms with E-state index in [1.54, 1.807) is 36.4 Å². The number of nitro groups is 1. The molecular weight excluding hydrogens is 388 g/mol. The van der Waals surface area contributed by atoms with Gasteiger partial charge >= 0.3 is 5.97 Å². The summed E-state index contributed by atoms with van der Waals surface area (Å²) in [7, 11) is 1.30. The number of nitrogens with zero attached hydrogens (tertiary/aromatic N) is 2. The van der Waals surface area contributed by atoms with E-state index >= 15 is 0 Å². The molecule has 0 bridgehead atoms. The Hall–Kier alpha value is -3.04. The molecule has 1 saturated heterocycles. The molecule has 136 valence electrons. The van der Waals surface area contributed by atoms with Gasteiger partial charge in [-0.2, -0.15) is 0 Å². The highest BCUT2D eigenvalue weighted by Crippen LogP contribution is 2.36. The molecule has 0 N–H and O–H groups in total. The van der Waals surface area contributed by atoms with Gasteiger partial charge in [0.1, 0.15) is 0 Å². The van der Waals surface area contributed by atoms with Crippen molar-refractivity contribution >= 4 is 57.6 Å². The lowest BCUT2D eigenvalue weighted by Gasteiger charge is -2.13. The van der Waals surface area contributed by atoms with Gasteiger partial charge in [-0.05, 0) is 29.8 Å². The number of rotatable bonds is 4. The summed E-state index contributed by atoms with van der Waals surface area (Å²) in [5, 5.41) is 11.0. The standard InChI is InChI=1S/C18H12N2O5S2/c1-25-17(22)12-7-5-11(6-8-12)9-15-16(21)19(18(26)27-15)13-3-2-4-14(10-13)20(23)24/h2-10H,1H3/b15-9-. The number of methoxy groups -OCH3 is 1. The van der Waals surface area contributed by atoms with Crippen molar-refractivity contribution in [3.63, 3.8) is 0 Å². The maximum atomic E-state index is 12.7. The van der Waals surface area contributed by atoms with Crippen molar-refractivity contribution in [3.8, 4) is 0 Å². The molecule has 1 fully saturated rings. The van der Waals surface area contributed by atoms with E-state index < -0.39 is 10.9 Å². The summed E-state index contributed by atoms with van der Waals surface area (Å²) in [5.41, 5.74) is 1.33. The van der Waals surface area contributed by atoms with Gasteiger partial charge in [0.25, 0.3) is 11.6 Å². The zero-order valence-corrected chi connectivity index (χ0v) is 15.6. The molecule has 7 nitrogen and oxygen atoms in total. The van der Waals surface area contributed by atoms with Crippen molar-refractivity contribution in [3.05, 3.63) is 74.7 Å². The van der Waals surface area contributed by atoms with Gasteiger partial charge in [-0.3, -0.25) is 19.8 Å². The number of hydrogen-bond acceptors (Lipinski definition) is 7. The number of thioether (sulfide) groups is 1. The topological polar surface area (TPSA) is 89.8 Å². The summed E-state index contributed by atoms with van der Waals surface area (Å²) in [6, 6.07) is 12.3. The summed E-state index contributed by atoms with van der Waals surface area (Å²) in [6.07, 6.45) is 1.65. The van der Waals surface area contributed by atoms with Crippen LogP contribution in [0.2, 0.25) is 0 Å². The van der Waals surface area contributed by atoms with Gasteiger partial charge in [0.05, 0.1) is 28.2 Å². The molecule has 3 rings (SSSR count). The third kappa shape index (κ3) is 3.88. The van der Waals surface area contributed by atoms with E-state index in [1.165, 1.54) is 30.2 Å². The van der Waals surface area contributed by atoms with E-state index in [9.17, 15) is 19.7 Å². The number of thiocarbonyl (C=S) groups is 1. The van der Waals surface area contributed by atoms with Crippen LogP contribution < -0.4 is 4.90 Å². The average molecular weight is 400 g/mol. The first-order chi connectivity index (χ1) is 12.9. The van der Waals surface area contributed by atoms with Crippen molar-refractivity contribution < 1.29 is 19.2 Å². The van der Waals surface area contributed by atoms with Crippen molar-refractivity contribution in [1.82, 2.24) is 0 Å². The minimum absolute atomic E-state index is 0.121. The van der Waals surface area contributed by atoms with Gasteiger partial charge in [-0.1, -0.05) is 42.2 Å². The van der Waals surface area contributed by atoms with E-state index in [1.807, 2.05) is 0 Å². The first-order valence-corrected chi connectivity index (χ1v) is 8.84. The van der Waals surface area contributed by atoms with Crippen molar-refractivity contribution in [2.45, 2.75) is 0 Å². The van der Waals surface area contributed by atoms with Crippen LogP contribution in [0.1, 0.15) is 15.9 Å². The van der Waals surface area contributed by atoms with Crippen molar-refractivity contribution in [1.29, 1.82) is 0 Å². The molecule has 1 amide bonds. The molecule has 0 saturated carbocycles. The Morgan fingerprint density at radius 3 is 2.59 bits per heavy atom. The normalized spacial score (nSPS) is 15.3. The van der Waals surface area contributed by atoms with E-state index in [-0.39, 0.29) is 15.9 Å². The van der Waals surface area contributed by atoms with E-state index in [2.05, 4.69) is 4.74 Å². The van der Waals surface area contributed by atoms with Crippen LogP contribution in [0.4, 0.5) is 11.4 Å². The van der Waals surface area contributed by atoms with E-state index in [4.69, 9.17) is 12.2 Å². The SMILES string of the molecule is COC(=O)c1ccc(/C=C2\SC(=S)N(c3cccc([N+](=O)[O-])c3)C2=O)cc1. The van der Waals surface area contributed by atoms with Crippen molar-refractivity contribution in [2.75, 3.05) is 12.0 Å². The lowest BCUT2D eigenvalue weighted by atomic mass is 10.1. The first kappa shape index (κ1) is 18.7. The third-order valence-electron chi connectivity index (χ3n) is 3.72. The van der Waals surface area contributed by atoms with Crippen LogP contribution in [0.25, 0.3) is 6.08 Å². The van der Waals surface area contributed by atoms with Crippen molar-refractivity contribution in [2.24, 2.45) is 0 Å². The van der Waals surface area contributed by atoms with Gasteiger partial charge < -0.3 is 4.74 Å². The third-order valence-corrected chi connectivity index (χ3v) is 5.02. The predicted octanol–water partition coefficient (Wildman–Crippen LogP) is 3.79. The van der Waals surface area contributed by atoms with Crippen LogP contribution in [0.15, 0.2) is 53.4 Å². The molecule has 0 unspecified atom stereocenters. The fraction of sp³-hybridized carbons (Fsp3) is 0.0556. The van der Waals surface area contributed by atoms with Crippen LogP contribution in [0.3, 0.4) is 0 Å². The molecule has 1 aliphatic rings. The highest BCUT2D eigenvalue weighted by molar-refractivity contribution is 8.27. The first-order valence-electron chi connectivity index (χ1n) is 7.61. The second-order valence-electron chi connectivity index (χ2n) is 5.41. The molecule has 0 radical (unpaired) electrons. The Kier molecular flexibility index (Phi) is 5.33. The Labute approximate surface area is 163 Å². The van der Waals surface area contributed by atoms with Gasteiger partial charge in [-0.15, -0.1) is 0 Å². The Morgan fingerprint density at radius 1 is 1.26 bits per heavy atom. The monoisotopic (exact) mass is 400 g/mol. The summed E-state index contributed by atoms with van der Waals surface area (Å²) in [6.45, 7) is 0. The number of nitro benzene ring substituents is 1. The fourth-order valence-corrected chi connectivity index (χ4v) is 3.72. The summed E-state index contributed by atoms with van der Waals surface area (Å²) in [5.74, 6) is -0.805. The minimum atomic E-state index is -0.528. The van der Waals surface area contributed by atoms with E-state index in [0.717, 1.165) is 11.8 Å². The molecule has 9 heteroatoms. The second kappa shape index (κ2) is 7.68. The van der Waals surface area contributed by atoms with Crippen LogP contribution >= 0.6 is 24.0 Å². The maximum Gasteiger partial charge on any atom is 0.337 e. The molecule has 1 heterocycles. The predicted molar refractivity (Wildman–Crippen MR) is 107 cm³/mol. The maximum absolute atomic E-state index is 12.7. The Balaban J connectivity index is 1.87. The lowest BCUT2D eigenvalue weighted by molar-refractivity contribution is -0.384. The number of anilines is 1. The number of benzene rings is 2. The number of hydrogen-bond donors (Lipinski definition) is 0. The largest absolute Gasteiger partial charge is 0.465 e. The highest BCUT2D eigenvalue weighted by Gasteiger charge is 2.33. The molecule has 0 spiro atoms. The molecule has 0 aromatic heterocycles. The number of amides is 1. The van der Waals surface area contributed by atoms with Gasteiger partial charge in [0, 0.05) is 12.1 Å². The zero-order chi connectivity index (χ0) is 19.6. The number of non-ortho nitro benzene ring substituents is 1. The zero-order valence-electron chi connectivity index (χ0n) is 13.9. The molecule has 2 aromatic rings.